The Morgan fingerprint density at radius 2 is 0.980 bits per heavy atom. The lowest BCUT2D eigenvalue weighted by Crippen LogP contribution is -2.33. The van der Waals surface area contributed by atoms with E-state index in [4.69, 9.17) is 14.4 Å². The van der Waals surface area contributed by atoms with E-state index < -0.39 is 0 Å². The van der Waals surface area contributed by atoms with E-state index in [0.717, 1.165) is 72.6 Å². The zero-order valence-electron chi connectivity index (χ0n) is 26.9. The van der Waals surface area contributed by atoms with Gasteiger partial charge in [-0.3, -0.25) is 0 Å². The minimum Gasteiger partial charge on any atom is -0.455 e. The maximum absolute atomic E-state index is 6.84. The highest BCUT2D eigenvalue weighted by atomic mass is 32.1. The molecule has 236 valence electrons. The minimum absolute atomic E-state index is 0.259. The van der Waals surface area contributed by atoms with Crippen molar-refractivity contribution in [2.24, 2.45) is 9.98 Å². The second-order valence-electron chi connectivity index (χ2n) is 12.5. The van der Waals surface area contributed by atoms with Crippen molar-refractivity contribution in [3.63, 3.8) is 0 Å². The van der Waals surface area contributed by atoms with Crippen LogP contribution in [0.15, 0.2) is 178 Å². The van der Waals surface area contributed by atoms with Gasteiger partial charge in [-0.2, -0.15) is 0 Å². The fraction of sp³-hybridized carbons (Fsp3) is 0.0222. The summed E-state index contributed by atoms with van der Waals surface area (Å²) >= 11 is 1.81. The quantitative estimate of drug-likeness (QED) is 0.200. The van der Waals surface area contributed by atoms with Gasteiger partial charge in [-0.25, -0.2) is 9.98 Å². The average molecular weight is 660 g/mol. The van der Waals surface area contributed by atoms with Crippen LogP contribution in [0.5, 0.6) is 0 Å². The molecule has 2 aromatic heterocycles. The smallest absolute Gasteiger partial charge is 0.159 e. The van der Waals surface area contributed by atoms with E-state index in [-0.39, 0.29) is 6.17 Å². The number of rotatable bonds is 5. The van der Waals surface area contributed by atoms with E-state index in [1.165, 1.54) is 20.2 Å². The first-order valence-corrected chi connectivity index (χ1v) is 17.6. The number of fused-ring (bicyclic) bond motifs is 6. The Kier molecular flexibility index (Phi) is 6.71. The SMILES string of the molecule is c1ccc(C2=NC(c3ccccc3)NC(c3cccc4c3sc3c(-c5cccc6c5oc5c(-c7ccccc7)cccc56)cccc34)=N2)cc1. The van der Waals surface area contributed by atoms with E-state index in [9.17, 15) is 0 Å². The second kappa shape index (κ2) is 11.7. The van der Waals surface area contributed by atoms with Gasteiger partial charge in [0.05, 0.1) is 0 Å². The van der Waals surface area contributed by atoms with Gasteiger partial charge < -0.3 is 9.73 Å². The summed E-state index contributed by atoms with van der Waals surface area (Å²) in [5.41, 5.74) is 9.46. The molecule has 9 aromatic rings. The van der Waals surface area contributed by atoms with Crippen LogP contribution in [-0.4, -0.2) is 11.7 Å². The van der Waals surface area contributed by atoms with E-state index >= 15 is 0 Å². The van der Waals surface area contributed by atoms with Crippen LogP contribution in [0.2, 0.25) is 0 Å². The normalized spacial score (nSPS) is 14.6. The third-order valence-electron chi connectivity index (χ3n) is 9.57. The highest BCUT2D eigenvalue weighted by molar-refractivity contribution is 7.26. The molecule has 4 nitrogen and oxygen atoms in total. The van der Waals surface area contributed by atoms with Crippen molar-refractivity contribution in [2.75, 3.05) is 0 Å². The molecule has 50 heavy (non-hydrogen) atoms. The van der Waals surface area contributed by atoms with Crippen LogP contribution in [0.4, 0.5) is 0 Å². The van der Waals surface area contributed by atoms with Crippen LogP contribution in [0.25, 0.3) is 64.4 Å². The van der Waals surface area contributed by atoms with Gasteiger partial charge in [0.2, 0.25) is 0 Å². The lowest BCUT2D eigenvalue weighted by atomic mass is 9.99. The molecule has 3 heterocycles. The Bertz CT molecular complexity index is 2780. The summed E-state index contributed by atoms with van der Waals surface area (Å²) in [7, 11) is 0. The predicted molar refractivity (Wildman–Crippen MR) is 209 cm³/mol. The Morgan fingerprint density at radius 3 is 1.66 bits per heavy atom. The maximum Gasteiger partial charge on any atom is 0.159 e. The van der Waals surface area contributed by atoms with Crippen LogP contribution in [0, 0.1) is 0 Å². The average Bonchev–Trinajstić information content (AvgIpc) is 3.78. The summed E-state index contributed by atoms with van der Waals surface area (Å²) in [6.45, 7) is 0. The van der Waals surface area contributed by atoms with E-state index in [1.807, 2.05) is 41.7 Å². The Hall–Kier alpha value is -6.30. The topological polar surface area (TPSA) is 49.9 Å². The number of aliphatic imine (C=N–C) groups is 2. The molecule has 5 heteroatoms. The molecule has 0 radical (unpaired) electrons. The molecular weight excluding hydrogens is 631 g/mol. The van der Waals surface area contributed by atoms with Crippen molar-refractivity contribution in [1.29, 1.82) is 0 Å². The van der Waals surface area contributed by atoms with Gasteiger partial charge in [0, 0.05) is 58.8 Å². The number of thiophene rings is 1. The fourth-order valence-electron chi connectivity index (χ4n) is 7.20. The summed E-state index contributed by atoms with van der Waals surface area (Å²) in [5.74, 6) is 1.54. The van der Waals surface area contributed by atoms with Gasteiger partial charge in [0.15, 0.2) is 5.84 Å². The Balaban J connectivity index is 1.15. The summed E-state index contributed by atoms with van der Waals surface area (Å²) in [6, 6.07) is 57.2. The van der Waals surface area contributed by atoms with Gasteiger partial charge in [-0.1, -0.05) is 158 Å². The molecule has 7 aromatic carbocycles. The Labute approximate surface area is 292 Å². The van der Waals surface area contributed by atoms with Crippen molar-refractivity contribution >= 4 is 65.1 Å². The van der Waals surface area contributed by atoms with E-state index in [0.29, 0.717) is 0 Å². The summed E-state index contributed by atoms with van der Waals surface area (Å²) < 4.78 is 9.24. The minimum atomic E-state index is -0.259. The first-order chi connectivity index (χ1) is 24.8. The first-order valence-electron chi connectivity index (χ1n) is 16.8. The summed E-state index contributed by atoms with van der Waals surface area (Å²) in [6.07, 6.45) is -0.259. The number of furan rings is 1. The van der Waals surface area contributed by atoms with Gasteiger partial charge in [0.1, 0.15) is 23.2 Å². The van der Waals surface area contributed by atoms with Crippen LogP contribution in [-0.2, 0) is 0 Å². The fourth-order valence-corrected chi connectivity index (χ4v) is 8.55. The molecule has 1 N–H and O–H groups in total. The first kappa shape index (κ1) is 28.7. The highest BCUT2D eigenvalue weighted by Crippen LogP contribution is 2.45. The van der Waals surface area contributed by atoms with Crippen molar-refractivity contribution in [3.05, 3.63) is 180 Å². The molecule has 1 unspecified atom stereocenters. The molecular formula is C45H29N3OS. The van der Waals surface area contributed by atoms with Crippen molar-refractivity contribution < 1.29 is 4.42 Å². The van der Waals surface area contributed by atoms with Crippen LogP contribution in [0.1, 0.15) is 22.9 Å². The lowest BCUT2D eigenvalue weighted by molar-refractivity contribution is 0.671. The lowest BCUT2D eigenvalue weighted by Gasteiger charge is -2.24. The van der Waals surface area contributed by atoms with Gasteiger partial charge in [-0.05, 0) is 17.2 Å². The number of hydrogen-bond acceptors (Lipinski definition) is 5. The standard InChI is InChI=1S/C45H29N3OS/c1-4-14-28(15-5-1)31-20-10-21-32-33-22-11-23-34(40(33)49-39(31)32)35-24-12-25-36-37-26-13-27-38(42(37)50-41(35)36)45-47-43(29-16-6-2-7-17-29)46-44(48-45)30-18-8-3-9-19-30/h1-27,43H,(H,46,47,48). The van der Waals surface area contributed by atoms with Gasteiger partial charge >= 0.3 is 0 Å². The summed E-state index contributed by atoms with van der Waals surface area (Å²) in [4.78, 5) is 10.2. The molecule has 0 saturated heterocycles. The Morgan fingerprint density at radius 1 is 0.460 bits per heavy atom. The zero-order chi connectivity index (χ0) is 33.0. The third-order valence-corrected chi connectivity index (χ3v) is 10.9. The number of nitrogens with one attached hydrogen (secondary N) is 1. The number of amidine groups is 2. The van der Waals surface area contributed by atoms with Crippen LogP contribution in [0.3, 0.4) is 0 Å². The molecule has 1 aliphatic heterocycles. The van der Waals surface area contributed by atoms with Crippen LogP contribution < -0.4 is 5.32 Å². The molecule has 0 bridgehead atoms. The van der Waals surface area contributed by atoms with Crippen molar-refractivity contribution in [3.8, 4) is 22.3 Å². The number of hydrogen-bond donors (Lipinski definition) is 1. The van der Waals surface area contributed by atoms with Crippen molar-refractivity contribution in [2.45, 2.75) is 6.17 Å². The summed E-state index contributed by atoms with van der Waals surface area (Å²) in [5, 5.41) is 8.35. The predicted octanol–water partition coefficient (Wildman–Crippen LogP) is 11.8. The van der Waals surface area contributed by atoms with Gasteiger partial charge in [0.25, 0.3) is 0 Å². The third kappa shape index (κ3) is 4.66. The molecule has 10 rings (SSSR count). The second-order valence-corrected chi connectivity index (χ2v) is 13.6. The number of nitrogens with zero attached hydrogens (tertiary/aromatic N) is 2. The van der Waals surface area contributed by atoms with Crippen molar-refractivity contribution in [1.82, 2.24) is 5.32 Å². The molecule has 1 atom stereocenters. The molecule has 0 aliphatic carbocycles. The number of benzene rings is 7. The maximum atomic E-state index is 6.84. The van der Waals surface area contributed by atoms with E-state index in [2.05, 4.69) is 139 Å². The zero-order valence-corrected chi connectivity index (χ0v) is 27.7. The van der Waals surface area contributed by atoms with Gasteiger partial charge in [-0.15, -0.1) is 11.3 Å². The molecule has 0 spiro atoms. The molecule has 0 saturated carbocycles. The molecule has 0 amide bonds. The molecule has 1 aliphatic rings. The monoisotopic (exact) mass is 659 g/mol. The largest absolute Gasteiger partial charge is 0.455 e. The van der Waals surface area contributed by atoms with Crippen LogP contribution >= 0.6 is 11.3 Å². The highest BCUT2D eigenvalue weighted by Gasteiger charge is 2.24. The molecule has 0 fully saturated rings. The van der Waals surface area contributed by atoms with E-state index in [1.54, 1.807) is 0 Å². The number of para-hydroxylation sites is 2.